The van der Waals surface area contributed by atoms with Crippen LogP contribution in [0.15, 0.2) is 35.2 Å². The molecule has 146 valence electrons. The second-order valence-electron chi connectivity index (χ2n) is 5.73. The lowest BCUT2D eigenvalue weighted by Crippen LogP contribution is -2.30. The van der Waals surface area contributed by atoms with E-state index in [0.29, 0.717) is 5.56 Å². The third kappa shape index (κ3) is 4.77. The minimum Gasteiger partial charge on any atom is -0.395 e. The summed E-state index contributed by atoms with van der Waals surface area (Å²) < 4.78 is 39.5. The summed E-state index contributed by atoms with van der Waals surface area (Å²) in [6.07, 6.45) is 0. The molecular formula is C17H17Cl2FN2O4S. The van der Waals surface area contributed by atoms with E-state index in [1.807, 2.05) is 0 Å². The maximum Gasteiger partial charge on any atom is 0.257 e. The summed E-state index contributed by atoms with van der Waals surface area (Å²) in [6, 6.07) is 6.17. The molecule has 0 atom stereocenters. The van der Waals surface area contributed by atoms with E-state index in [1.54, 1.807) is 6.92 Å². The van der Waals surface area contributed by atoms with Crippen molar-refractivity contribution >= 4 is 44.8 Å². The summed E-state index contributed by atoms with van der Waals surface area (Å²) in [7, 11) is -2.61. The van der Waals surface area contributed by atoms with E-state index in [1.165, 1.54) is 31.3 Å². The third-order valence-corrected chi connectivity index (χ3v) is 6.39. The molecule has 0 saturated carbocycles. The number of hydrogen-bond donors (Lipinski definition) is 2. The molecule has 2 aromatic rings. The minimum atomic E-state index is -3.93. The van der Waals surface area contributed by atoms with Gasteiger partial charge in [-0.2, -0.15) is 4.31 Å². The summed E-state index contributed by atoms with van der Waals surface area (Å²) in [5, 5.41) is 11.4. The number of carbonyl (C=O) groups is 1. The Morgan fingerprint density at radius 1 is 1.22 bits per heavy atom. The van der Waals surface area contributed by atoms with Crippen LogP contribution in [-0.2, 0) is 10.0 Å². The maximum absolute atomic E-state index is 13.2. The van der Waals surface area contributed by atoms with Gasteiger partial charge < -0.3 is 10.4 Å². The predicted molar refractivity (Wildman–Crippen MR) is 102 cm³/mol. The number of amides is 1. The number of carbonyl (C=O) groups excluding carboxylic acids is 1. The van der Waals surface area contributed by atoms with Crippen LogP contribution >= 0.6 is 23.2 Å². The number of benzene rings is 2. The van der Waals surface area contributed by atoms with Crippen molar-refractivity contribution in [1.29, 1.82) is 0 Å². The first-order chi connectivity index (χ1) is 12.6. The molecule has 2 rings (SSSR count). The van der Waals surface area contributed by atoms with Crippen molar-refractivity contribution in [3.63, 3.8) is 0 Å². The predicted octanol–water partition coefficient (Wildman–Crippen LogP) is 3.31. The molecule has 0 aliphatic heterocycles. The molecular weight excluding hydrogens is 418 g/mol. The summed E-state index contributed by atoms with van der Waals surface area (Å²) >= 11 is 11.8. The number of aryl methyl sites for hydroxylation is 1. The molecule has 0 aliphatic carbocycles. The molecule has 0 aromatic heterocycles. The molecule has 0 bridgehead atoms. The van der Waals surface area contributed by atoms with E-state index in [-0.39, 0.29) is 39.3 Å². The van der Waals surface area contributed by atoms with Gasteiger partial charge in [0, 0.05) is 19.3 Å². The highest BCUT2D eigenvalue weighted by Gasteiger charge is 2.25. The molecule has 0 radical (unpaired) electrons. The first kappa shape index (κ1) is 21.6. The van der Waals surface area contributed by atoms with Gasteiger partial charge in [0.05, 0.1) is 27.1 Å². The normalized spacial score (nSPS) is 11.7. The smallest absolute Gasteiger partial charge is 0.257 e. The van der Waals surface area contributed by atoms with Gasteiger partial charge in [-0.3, -0.25) is 4.79 Å². The lowest BCUT2D eigenvalue weighted by molar-refractivity contribution is 0.102. The van der Waals surface area contributed by atoms with Crippen molar-refractivity contribution in [2.45, 2.75) is 11.8 Å². The highest BCUT2D eigenvalue weighted by molar-refractivity contribution is 7.89. The van der Waals surface area contributed by atoms with E-state index in [4.69, 9.17) is 28.3 Å². The van der Waals surface area contributed by atoms with Gasteiger partial charge in [-0.15, -0.1) is 0 Å². The Hall–Kier alpha value is -1.71. The summed E-state index contributed by atoms with van der Waals surface area (Å²) in [5.74, 6) is -1.31. The molecule has 10 heteroatoms. The van der Waals surface area contributed by atoms with E-state index in [0.717, 1.165) is 10.4 Å². The van der Waals surface area contributed by atoms with Crippen LogP contribution in [0.1, 0.15) is 15.9 Å². The van der Waals surface area contributed by atoms with Crippen molar-refractivity contribution in [2.24, 2.45) is 0 Å². The zero-order valence-corrected chi connectivity index (χ0v) is 16.8. The molecule has 6 nitrogen and oxygen atoms in total. The molecule has 0 fully saturated rings. The van der Waals surface area contributed by atoms with Crippen LogP contribution in [0, 0.1) is 12.7 Å². The average molecular weight is 435 g/mol. The van der Waals surface area contributed by atoms with Crippen molar-refractivity contribution < 1.29 is 22.7 Å². The molecule has 2 aromatic carbocycles. The van der Waals surface area contributed by atoms with E-state index >= 15 is 0 Å². The van der Waals surface area contributed by atoms with Gasteiger partial charge in [0.25, 0.3) is 5.91 Å². The monoisotopic (exact) mass is 434 g/mol. The topological polar surface area (TPSA) is 86.7 Å². The number of likely N-dealkylation sites (N-methyl/N-ethyl adjacent to an activating group) is 1. The van der Waals surface area contributed by atoms with Gasteiger partial charge in [-0.05, 0) is 42.8 Å². The zero-order chi connectivity index (χ0) is 20.4. The number of halogens is 3. The molecule has 0 aliphatic rings. The molecule has 0 saturated heterocycles. The fraction of sp³-hybridized carbons (Fsp3) is 0.235. The van der Waals surface area contributed by atoms with Crippen LogP contribution in [-0.4, -0.2) is 43.9 Å². The third-order valence-electron chi connectivity index (χ3n) is 3.79. The van der Waals surface area contributed by atoms with E-state index in [2.05, 4.69) is 5.32 Å². The van der Waals surface area contributed by atoms with E-state index in [9.17, 15) is 17.6 Å². The number of hydrogen-bond acceptors (Lipinski definition) is 4. The van der Waals surface area contributed by atoms with Crippen molar-refractivity contribution in [3.8, 4) is 0 Å². The Balaban J connectivity index is 2.42. The van der Waals surface area contributed by atoms with Gasteiger partial charge in [0.1, 0.15) is 5.82 Å². The summed E-state index contributed by atoms with van der Waals surface area (Å²) in [4.78, 5) is 12.4. The standard InChI is InChI=1S/C17H17Cl2FN2O4S/c1-10-7-13(18)12(9-16(10)27(25,26)22(2)5-6-23)17(24)21-11-3-4-15(20)14(19)8-11/h3-4,7-9,23H,5-6H2,1-2H3,(H,21,24). The number of sulfonamides is 1. The highest BCUT2D eigenvalue weighted by atomic mass is 35.5. The zero-order valence-electron chi connectivity index (χ0n) is 14.5. The highest BCUT2D eigenvalue weighted by Crippen LogP contribution is 2.28. The number of anilines is 1. The number of nitrogens with zero attached hydrogens (tertiary/aromatic N) is 1. The van der Waals surface area contributed by atoms with E-state index < -0.39 is 21.7 Å². The van der Waals surface area contributed by atoms with Gasteiger partial charge in [-0.25, -0.2) is 12.8 Å². The first-order valence-corrected chi connectivity index (χ1v) is 9.91. The lowest BCUT2D eigenvalue weighted by atomic mass is 10.1. The van der Waals surface area contributed by atoms with Crippen LogP contribution in [0.4, 0.5) is 10.1 Å². The summed E-state index contributed by atoms with van der Waals surface area (Å²) in [5.41, 5.74) is 0.509. The number of aliphatic hydroxyl groups is 1. The van der Waals surface area contributed by atoms with Gasteiger partial charge in [0.2, 0.25) is 10.0 Å². The van der Waals surface area contributed by atoms with Crippen LogP contribution in [0.2, 0.25) is 10.0 Å². The van der Waals surface area contributed by atoms with Crippen LogP contribution in [0.3, 0.4) is 0 Å². The number of rotatable bonds is 6. The second kappa shape index (κ2) is 8.53. The quantitative estimate of drug-likeness (QED) is 0.729. The van der Waals surface area contributed by atoms with Crippen LogP contribution in [0.5, 0.6) is 0 Å². The first-order valence-electron chi connectivity index (χ1n) is 7.71. The summed E-state index contributed by atoms with van der Waals surface area (Å²) in [6.45, 7) is 1.11. The Morgan fingerprint density at radius 3 is 2.48 bits per heavy atom. The number of aliphatic hydroxyl groups excluding tert-OH is 1. The molecule has 2 N–H and O–H groups in total. The molecule has 0 unspecified atom stereocenters. The Kier molecular flexibility index (Phi) is 6.82. The second-order valence-corrected chi connectivity index (χ2v) is 8.56. The molecule has 0 heterocycles. The fourth-order valence-corrected chi connectivity index (χ4v) is 4.18. The van der Waals surface area contributed by atoms with Gasteiger partial charge in [0.15, 0.2) is 0 Å². The minimum absolute atomic E-state index is 0.0574. The molecule has 27 heavy (non-hydrogen) atoms. The maximum atomic E-state index is 13.2. The Bertz CT molecular complexity index is 983. The largest absolute Gasteiger partial charge is 0.395 e. The van der Waals surface area contributed by atoms with Crippen molar-refractivity contribution in [2.75, 3.05) is 25.5 Å². The number of nitrogens with one attached hydrogen (secondary N) is 1. The molecule has 1 amide bonds. The Morgan fingerprint density at radius 2 is 1.89 bits per heavy atom. The van der Waals surface area contributed by atoms with Gasteiger partial charge >= 0.3 is 0 Å². The van der Waals surface area contributed by atoms with Gasteiger partial charge in [-0.1, -0.05) is 23.2 Å². The average Bonchev–Trinajstić information content (AvgIpc) is 2.58. The van der Waals surface area contributed by atoms with Crippen LogP contribution in [0.25, 0.3) is 0 Å². The van der Waals surface area contributed by atoms with Crippen molar-refractivity contribution in [3.05, 3.63) is 57.3 Å². The molecule has 0 spiro atoms. The van der Waals surface area contributed by atoms with Crippen LogP contribution < -0.4 is 5.32 Å². The SMILES string of the molecule is Cc1cc(Cl)c(C(=O)Nc2ccc(F)c(Cl)c2)cc1S(=O)(=O)N(C)CCO. The lowest BCUT2D eigenvalue weighted by Gasteiger charge is -2.18. The van der Waals surface area contributed by atoms with Crippen molar-refractivity contribution in [1.82, 2.24) is 4.31 Å². The fourth-order valence-electron chi connectivity index (χ4n) is 2.31. The Labute approximate surface area is 166 Å².